The van der Waals surface area contributed by atoms with Crippen LogP contribution in [0.5, 0.6) is 0 Å². The van der Waals surface area contributed by atoms with Gasteiger partial charge in [0.2, 0.25) is 0 Å². The van der Waals surface area contributed by atoms with Crippen molar-refractivity contribution in [3.8, 4) is 0 Å². The molecule has 1 aliphatic heterocycles. The van der Waals surface area contributed by atoms with Crippen molar-refractivity contribution in [2.45, 2.75) is 11.7 Å². The highest BCUT2D eigenvalue weighted by molar-refractivity contribution is 7.92. The second kappa shape index (κ2) is 5.85. The Kier molecular flexibility index (Phi) is 4.71. The largest absolute Gasteiger partial charge is 0.481 e. The molecule has 1 fully saturated rings. The molecule has 1 unspecified atom stereocenters. The zero-order valence-electron chi connectivity index (χ0n) is 9.74. The van der Waals surface area contributed by atoms with E-state index in [1.165, 1.54) is 11.0 Å². The Morgan fingerprint density at radius 1 is 1.50 bits per heavy atom. The van der Waals surface area contributed by atoms with E-state index in [1.54, 1.807) is 0 Å². The first-order valence-corrected chi connectivity index (χ1v) is 7.04. The van der Waals surface area contributed by atoms with E-state index in [0.29, 0.717) is 0 Å². The van der Waals surface area contributed by atoms with Crippen molar-refractivity contribution in [3.63, 3.8) is 0 Å². The van der Waals surface area contributed by atoms with E-state index in [-0.39, 0.29) is 25.4 Å². The number of hydrogen-bond acceptors (Lipinski definition) is 5. The highest BCUT2D eigenvalue weighted by atomic mass is 32.2. The molecule has 0 aromatic carbocycles. The number of rotatable bonds is 4. The SMILES string of the molecule is C=CCOC(=O)N1CCS(=O)(=O)C(CC(=O)O)C1. The van der Waals surface area contributed by atoms with Gasteiger partial charge in [-0.25, -0.2) is 13.2 Å². The van der Waals surface area contributed by atoms with Gasteiger partial charge in [-0.1, -0.05) is 12.7 Å². The molecule has 0 aliphatic carbocycles. The van der Waals surface area contributed by atoms with Gasteiger partial charge < -0.3 is 14.7 Å². The summed E-state index contributed by atoms with van der Waals surface area (Å²) in [7, 11) is -3.46. The number of amides is 1. The third-order valence-electron chi connectivity index (χ3n) is 2.56. The predicted molar refractivity (Wildman–Crippen MR) is 62.9 cm³/mol. The molecule has 1 atom stereocenters. The van der Waals surface area contributed by atoms with Crippen LogP contribution in [0.3, 0.4) is 0 Å². The molecule has 0 radical (unpaired) electrons. The van der Waals surface area contributed by atoms with Crippen LogP contribution in [0.1, 0.15) is 6.42 Å². The highest BCUT2D eigenvalue weighted by Gasteiger charge is 2.36. The summed E-state index contributed by atoms with van der Waals surface area (Å²) in [6.45, 7) is 3.29. The van der Waals surface area contributed by atoms with Gasteiger partial charge in [-0.15, -0.1) is 0 Å². The highest BCUT2D eigenvalue weighted by Crippen LogP contribution is 2.16. The Morgan fingerprint density at radius 2 is 2.17 bits per heavy atom. The van der Waals surface area contributed by atoms with Crippen LogP contribution in [-0.4, -0.2) is 61.2 Å². The number of carbonyl (C=O) groups is 2. The molecule has 0 aromatic heterocycles. The molecule has 1 heterocycles. The maximum Gasteiger partial charge on any atom is 0.410 e. The normalized spacial score (nSPS) is 22.2. The number of ether oxygens (including phenoxy) is 1. The molecule has 7 nitrogen and oxygen atoms in total. The van der Waals surface area contributed by atoms with Crippen molar-refractivity contribution in [1.82, 2.24) is 4.90 Å². The topological polar surface area (TPSA) is 101 Å². The first kappa shape index (κ1) is 14.5. The van der Waals surface area contributed by atoms with E-state index in [1.807, 2.05) is 0 Å². The third-order valence-corrected chi connectivity index (χ3v) is 4.65. The number of aliphatic carboxylic acids is 1. The first-order chi connectivity index (χ1) is 8.36. The number of carboxylic acid groups (broad SMARTS) is 1. The fourth-order valence-electron chi connectivity index (χ4n) is 1.63. The Morgan fingerprint density at radius 3 is 2.72 bits per heavy atom. The maximum absolute atomic E-state index is 11.6. The van der Waals surface area contributed by atoms with E-state index < -0.39 is 33.6 Å². The summed E-state index contributed by atoms with van der Waals surface area (Å²) in [6, 6.07) is 0. The van der Waals surface area contributed by atoms with Crippen LogP contribution in [0, 0.1) is 0 Å². The quantitative estimate of drug-likeness (QED) is 0.719. The van der Waals surface area contributed by atoms with Gasteiger partial charge in [-0.05, 0) is 0 Å². The number of hydrogen-bond donors (Lipinski definition) is 1. The minimum absolute atomic E-state index is 0.0223. The summed E-state index contributed by atoms with van der Waals surface area (Å²) in [5, 5.41) is 7.58. The molecule has 1 aliphatic rings. The number of nitrogens with zero attached hydrogens (tertiary/aromatic N) is 1. The van der Waals surface area contributed by atoms with Gasteiger partial charge in [0, 0.05) is 13.1 Å². The van der Waals surface area contributed by atoms with Gasteiger partial charge in [-0.2, -0.15) is 0 Å². The van der Waals surface area contributed by atoms with Gasteiger partial charge in [0.05, 0.1) is 17.4 Å². The minimum atomic E-state index is -3.46. The van der Waals surface area contributed by atoms with Crippen molar-refractivity contribution in [2.24, 2.45) is 0 Å². The van der Waals surface area contributed by atoms with Crippen LogP contribution < -0.4 is 0 Å². The predicted octanol–water partition coefficient (Wildman–Crippen LogP) is -0.117. The molecular weight excluding hydrogens is 262 g/mol. The molecule has 8 heteroatoms. The molecule has 0 aromatic rings. The van der Waals surface area contributed by atoms with Crippen molar-refractivity contribution in [2.75, 3.05) is 25.4 Å². The lowest BCUT2D eigenvalue weighted by atomic mass is 10.3. The molecule has 0 saturated carbocycles. The van der Waals surface area contributed by atoms with E-state index in [9.17, 15) is 18.0 Å². The minimum Gasteiger partial charge on any atom is -0.481 e. The number of sulfone groups is 1. The lowest BCUT2D eigenvalue weighted by Gasteiger charge is -2.31. The fraction of sp³-hybridized carbons (Fsp3) is 0.600. The van der Waals surface area contributed by atoms with Crippen molar-refractivity contribution in [3.05, 3.63) is 12.7 Å². The third kappa shape index (κ3) is 3.73. The molecule has 102 valence electrons. The maximum atomic E-state index is 11.6. The van der Waals surface area contributed by atoms with Crippen molar-refractivity contribution >= 4 is 21.9 Å². The van der Waals surface area contributed by atoms with Crippen molar-refractivity contribution in [1.29, 1.82) is 0 Å². The molecule has 1 saturated heterocycles. The molecule has 0 spiro atoms. The standard InChI is InChI=1S/C10H15NO6S/c1-2-4-17-10(14)11-3-5-18(15,16)8(7-11)6-9(12)13/h2,8H,1,3-7H2,(H,12,13). The average Bonchev–Trinajstić information content (AvgIpc) is 2.28. The van der Waals surface area contributed by atoms with Gasteiger partial charge in [0.25, 0.3) is 0 Å². The number of carboxylic acids is 1. The lowest BCUT2D eigenvalue weighted by molar-refractivity contribution is -0.137. The Bertz CT molecular complexity index is 443. The van der Waals surface area contributed by atoms with Crippen LogP contribution >= 0.6 is 0 Å². The van der Waals surface area contributed by atoms with E-state index in [2.05, 4.69) is 6.58 Å². The summed E-state index contributed by atoms with van der Waals surface area (Å²) in [4.78, 5) is 23.3. The second-order valence-electron chi connectivity index (χ2n) is 3.90. The summed E-state index contributed by atoms with van der Waals surface area (Å²) in [5.41, 5.74) is 0. The molecule has 1 N–H and O–H groups in total. The van der Waals surface area contributed by atoms with Crippen LogP contribution in [0.4, 0.5) is 4.79 Å². The smallest absolute Gasteiger partial charge is 0.410 e. The summed E-state index contributed by atoms with van der Waals surface area (Å²) in [5.74, 6) is -1.45. The molecule has 0 bridgehead atoms. The zero-order chi connectivity index (χ0) is 13.8. The fourth-order valence-corrected chi connectivity index (χ4v) is 3.24. The van der Waals surface area contributed by atoms with E-state index in [4.69, 9.17) is 9.84 Å². The van der Waals surface area contributed by atoms with Gasteiger partial charge in [0.15, 0.2) is 9.84 Å². The Hall–Kier alpha value is -1.57. The lowest BCUT2D eigenvalue weighted by Crippen LogP contribution is -2.50. The second-order valence-corrected chi connectivity index (χ2v) is 6.30. The summed E-state index contributed by atoms with van der Waals surface area (Å²) in [6.07, 6.45) is 0.237. The van der Waals surface area contributed by atoms with Crippen molar-refractivity contribution < 1.29 is 27.9 Å². The van der Waals surface area contributed by atoms with Crippen LogP contribution in [0.15, 0.2) is 12.7 Å². The summed E-state index contributed by atoms with van der Waals surface area (Å²) < 4.78 is 28.1. The van der Waals surface area contributed by atoms with Gasteiger partial charge in [0.1, 0.15) is 6.61 Å². The zero-order valence-corrected chi connectivity index (χ0v) is 10.6. The monoisotopic (exact) mass is 277 g/mol. The molecular formula is C10H15NO6S. The molecule has 18 heavy (non-hydrogen) atoms. The first-order valence-electron chi connectivity index (χ1n) is 5.32. The van der Waals surface area contributed by atoms with E-state index in [0.717, 1.165) is 0 Å². The average molecular weight is 277 g/mol. The summed E-state index contributed by atoms with van der Waals surface area (Å²) >= 11 is 0. The number of carbonyl (C=O) groups excluding carboxylic acids is 1. The van der Waals surface area contributed by atoms with Crippen LogP contribution in [-0.2, 0) is 19.4 Å². The molecule has 1 rings (SSSR count). The van der Waals surface area contributed by atoms with Gasteiger partial charge in [-0.3, -0.25) is 4.79 Å². The van der Waals surface area contributed by atoms with Gasteiger partial charge >= 0.3 is 12.1 Å². The molecule has 1 amide bonds. The van der Waals surface area contributed by atoms with Crippen LogP contribution in [0.2, 0.25) is 0 Å². The van der Waals surface area contributed by atoms with Crippen LogP contribution in [0.25, 0.3) is 0 Å². The Labute approximate surface area is 105 Å². The Balaban J connectivity index is 2.69. The van der Waals surface area contributed by atoms with E-state index >= 15 is 0 Å².